The number of aromatic nitrogens is 3. The number of amides is 1. The molecule has 4 rings (SSSR count). The van der Waals surface area contributed by atoms with Crippen LogP contribution in [0.1, 0.15) is 61.4 Å². The van der Waals surface area contributed by atoms with E-state index in [1.165, 1.54) is 0 Å². The van der Waals surface area contributed by atoms with Crippen LogP contribution >= 0.6 is 0 Å². The van der Waals surface area contributed by atoms with E-state index < -0.39 is 0 Å². The van der Waals surface area contributed by atoms with Crippen molar-refractivity contribution in [3.63, 3.8) is 0 Å². The summed E-state index contributed by atoms with van der Waals surface area (Å²) < 4.78 is 7.35. The molecule has 6 heteroatoms. The van der Waals surface area contributed by atoms with Crippen LogP contribution in [0, 0.1) is 12.8 Å². The van der Waals surface area contributed by atoms with E-state index in [0.717, 1.165) is 60.5 Å². The number of carbonyl (C=O) groups excluding carboxylic acids is 1. The van der Waals surface area contributed by atoms with Crippen molar-refractivity contribution < 1.29 is 9.32 Å². The highest BCUT2D eigenvalue weighted by Gasteiger charge is 2.28. The van der Waals surface area contributed by atoms with E-state index in [4.69, 9.17) is 9.62 Å². The Morgan fingerprint density at radius 1 is 1.23 bits per heavy atom. The zero-order valence-corrected chi connectivity index (χ0v) is 18.0. The van der Waals surface area contributed by atoms with Gasteiger partial charge in [-0.2, -0.15) is 5.10 Å². The van der Waals surface area contributed by atoms with Gasteiger partial charge in [-0.25, -0.2) is 0 Å². The average Bonchev–Trinajstić information content (AvgIpc) is 3.37. The number of nitrogens with one attached hydrogen (secondary N) is 1. The van der Waals surface area contributed by atoms with Gasteiger partial charge in [-0.15, -0.1) is 0 Å². The molecule has 1 saturated carbocycles. The van der Waals surface area contributed by atoms with Crippen LogP contribution in [0.25, 0.3) is 11.3 Å². The quantitative estimate of drug-likeness (QED) is 0.650. The summed E-state index contributed by atoms with van der Waals surface area (Å²) >= 11 is 0. The van der Waals surface area contributed by atoms with Crippen LogP contribution < -0.4 is 5.32 Å². The minimum absolute atomic E-state index is 0.107. The lowest BCUT2D eigenvalue weighted by Crippen LogP contribution is -2.33. The van der Waals surface area contributed by atoms with Crippen LogP contribution in [0.2, 0.25) is 0 Å². The Morgan fingerprint density at radius 2 is 1.97 bits per heavy atom. The average molecular weight is 407 g/mol. The minimum atomic E-state index is -0.121. The number of rotatable bonds is 6. The van der Waals surface area contributed by atoms with Gasteiger partial charge in [0.25, 0.3) is 0 Å². The van der Waals surface area contributed by atoms with Gasteiger partial charge in [0.1, 0.15) is 0 Å². The van der Waals surface area contributed by atoms with Gasteiger partial charge in [0.15, 0.2) is 5.76 Å². The Hall–Kier alpha value is -2.89. The summed E-state index contributed by atoms with van der Waals surface area (Å²) in [5.41, 5.74) is 4.09. The van der Waals surface area contributed by atoms with Crippen molar-refractivity contribution in [2.45, 2.75) is 51.4 Å². The fourth-order valence-electron chi connectivity index (χ4n) is 4.42. The lowest BCUT2D eigenvalue weighted by atomic mass is 9.79. The Balaban J connectivity index is 1.32. The fourth-order valence-corrected chi connectivity index (χ4v) is 4.42. The molecule has 1 fully saturated rings. The maximum Gasteiger partial charge on any atom is 0.227 e. The zero-order chi connectivity index (χ0) is 21.1. The predicted molar refractivity (Wildman–Crippen MR) is 116 cm³/mol. The first-order chi connectivity index (χ1) is 14.5. The molecule has 1 amide bonds. The lowest BCUT2D eigenvalue weighted by molar-refractivity contribution is -0.122. The molecule has 3 aromatic rings. The van der Waals surface area contributed by atoms with Crippen LogP contribution in [0.15, 0.2) is 47.1 Å². The van der Waals surface area contributed by atoms with E-state index in [2.05, 4.69) is 10.5 Å². The minimum Gasteiger partial charge on any atom is -0.356 e. The second kappa shape index (κ2) is 8.86. The molecule has 6 nitrogen and oxygen atoms in total. The maximum absolute atomic E-state index is 12.5. The van der Waals surface area contributed by atoms with Crippen molar-refractivity contribution in [3.05, 3.63) is 59.5 Å². The molecule has 1 aliphatic carbocycles. The van der Waals surface area contributed by atoms with E-state index in [9.17, 15) is 4.79 Å². The van der Waals surface area contributed by atoms with Crippen molar-refractivity contribution in [2.75, 3.05) is 6.54 Å². The summed E-state index contributed by atoms with van der Waals surface area (Å²) in [4.78, 5) is 12.5. The number of hydrogen-bond acceptors (Lipinski definition) is 4. The SMILES string of the molecule is Cc1cc(-c2cn(C)nc2C2CCC(CNC(=O)C(C)c3ccccc3)CC2)on1. The molecule has 2 heterocycles. The number of nitrogens with zero attached hydrogens (tertiary/aromatic N) is 3. The van der Waals surface area contributed by atoms with Crippen molar-refractivity contribution in [1.29, 1.82) is 0 Å². The summed E-state index contributed by atoms with van der Waals surface area (Å²) in [7, 11) is 1.95. The fraction of sp³-hybridized carbons (Fsp3) is 0.458. The smallest absolute Gasteiger partial charge is 0.227 e. The molecule has 1 atom stereocenters. The summed E-state index contributed by atoms with van der Waals surface area (Å²) in [6.45, 7) is 4.65. The topological polar surface area (TPSA) is 73.0 Å². The van der Waals surface area contributed by atoms with E-state index in [1.54, 1.807) is 0 Å². The maximum atomic E-state index is 12.5. The second-order valence-corrected chi connectivity index (χ2v) is 8.53. The van der Waals surface area contributed by atoms with Crippen molar-refractivity contribution in [3.8, 4) is 11.3 Å². The largest absolute Gasteiger partial charge is 0.356 e. The molecule has 1 unspecified atom stereocenters. The molecule has 0 bridgehead atoms. The van der Waals surface area contributed by atoms with Crippen LogP contribution in [-0.4, -0.2) is 27.4 Å². The van der Waals surface area contributed by atoms with Crippen molar-refractivity contribution in [1.82, 2.24) is 20.3 Å². The summed E-state index contributed by atoms with van der Waals surface area (Å²) in [6, 6.07) is 11.9. The summed E-state index contributed by atoms with van der Waals surface area (Å²) in [6.07, 6.45) is 6.36. The van der Waals surface area contributed by atoms with Gasteiger partial charge in [0, 0.05) is 31.8 Å². The van der Waals surface area contributed by atoms with Crippen LogP contribution in [-0.2, 0) is 11.8 Å². The van der Waals surface area contributed by atoms with Crippen LogP contribution in [0.5, 0.6) is 0 Å². The Kier molecular flexibility index (Phi) is 6.02. The van der Waals surface area contributed by atoms with Gasteiger partial charge in [-0.05, 0) is 51.0 Å². The lowest BCUT2D eigenvalue weighted by Gasteiger charge is -2.28. The van der Waals surface area contributed by atoms with Crippen molar-refractivity contribution >= 4 is 5.91 Å². The van der Waals surface area contributed by atoms with E-state index >= 15 is 0 Å². The molecular formula is C24H30N4O2. The number of benzene rings is 1. The first kappa shape index (κ1) is 20.4. The molecule has 1 aromatic carbocycles. The number of carbonyl (C=O) groups is 1. The van der Waals surface area contributed by atoms with Gasteiger partial charge in [-0.1, -0.05) is 35.5 Å². The zero-order valence-electron chi connectivity index (χ0n) is 18.0. The molecule has 2 aromatic heterocycles. The van der Waals surface area contributed by atoms with Gasteiger partial charge in [-0.3, -0.25) is 9.48 Å². The Morgan fingerprint density at radius 3 is 2.63 bits per heavy atom. The highest BCUT2D eigenvalue weighted by atomic mass is 16.5. The van der Waals surface area contributed by atoms with Gasteiger partial charge in [0.2, 0.25) is 5.91 Å². The molecule has 1 aliphatic rings. The third kappa shape index (κ3) is 4.48. The third-order valence-corrected chi connectivity index (χ3v) is 6.24. The molecule has 0 spiro atoms. The van der Waals surface area contributed by atoms with E-state index in [-0.39, 0.29) is 11.8 Å². The number of aryl methyl sites for hydroxylation is 2. The molecule has 0 aliphatic heterocycles. The monoisotopic (exact) mass is 406 g/mol. The molecule has 1 N–H and O–H groups in total. The first-order valence-electron chi connectivity index (χ1n) is 10.8. The normalized spacial score (nSPS) is 20.1. The van der Waals surface area contributed by atoms with Gasteiger partial charge >= 0.3 is 0 Å². The summed E-state index contributed by atoms with van der Waals surface area (Å²) in [5, 5.41) is 11.9. The first-order valence-corrected chi connectivity index (χ1v) is 10.8. The third-order valence-electron chi connectivity index (χ3n) is 6.24. The molecule has 0 radical (unpaired) electrons. The Labute approximate surface area is 177 Å². The molecular weight excluding hydrogens is 376 g/mol. The molecule has 0 saturated heterocycles. The van der Waals surface area contributed by atoms with E-state index in [0.29, 0.717) is 11.8 Å². The highest BCUT2D eigenvalue weighted by molar-refractivity contribution is 5.83. The van der Waals surface area contributed by atoms with Gasteiger partial charge < -0.3 is 9.84 Å². The van der Waals surface area contributed by atoms with Crippen LogP contribution in [0.3, 0.4) is 0 Å². The Bertz CT molecular complexity index is 984. The van der Waals surface area contributed by atoms with E-state index in [1.807, 2.05) is 68.2 Å². The predicted octanol–water partition coefficient (Wildman–Crippen LogP) is 4.58. The summed E-state index contributed by atoms with van der Waals surface area (Å²) in [5.74, 6) is 1.72. The van der Waals surface area contributed by atoms with Crippen molar-refractivity contribution in [2.24, 2.45) is 13.0 Å². The van der Waals surface area contributed by atoms with Crippen LogP contribution in [0.4, 0.5) is 0 Å². The molecule has 158 valence electrons. The number of hydrogen-bond donors (Lipinski definition) is 1. The standard InChI is InChI=1S/C24H30N4O2/c1-16-13-22(30-27-16)21-15-28(3)26-23(21)20-11-9-18(10-12-20)14-25-24(29)17(2)19-7-5-4-6-8-19/h4-8,13,15,17-18,20H,9-12,14H2,1-3H3,(H,25,29). The van der Waals surface area contributed by atoms with Gasteiger partial charge in [0.05, 0.1) is 22.9 Å². The highest BCUT2D eigenvalue weighted by Crippen LogP contribution is 2.39. The molecule has 30 heavy (non-hydrogen) atoms. The second-order valence-electron chi connectivity index (χ2n) is 8.53.